The normalized spacial score (nSPS) is 15.8. The van der Waals surface area contributed by atoms with Gasteiger partial charge in [0.15, 0.2) is 0 Å². The summed E-state index contributed by atoms with van der Waals surface area (Å²) in [7, 11) is 0. The van der Waals surface area contributed by atoms with E-state index in [4.69, 9.17) is 4.98 Å². The van der Waals surface area contributed by atoms with E-state index in [1.807, 2.05) is 6.07 Å². The largest absolute Gasteiger partial charge is 0.338 e. The maximum atomic E-state index is 4.74. The molecule has 0 bridgehead atoms. The number of nitrogens with one attached hydrogen (secondary N) is 1. The fourth-order valence-electron chi connectivity index (χ4n) is 2.82. The van der Waals surface area contributed by atoms with Crippen LogP contribution in [0.4, 0.5) is 5.95 Å². The van der Waals surface area contributed by atoms with E-state index in [-0.39, 0.29) is 5.41 Å². The molecule has 3 rings (SSSR count). The molecule has 2 heterocycles. The Bertz CT molecular complexity index is 605. The number of rotatable bonds is 4. The Labute approximate surface area is 131 Å². The number of benzene rings is 1. The van der Waals surface area contributed by atoms with E-state index in [1.54, 1.807) is 6.33 Å². The van der Waals surface area contributed by atoms with Gasteiger partial charge in [-0.1, -0.05) is 44.2 Å². The van der Waals surface area contributed by atoms with E-state index in [0.717, 1.165) is 44.4 Å². The molecule has 1 fully saturated rings. The fraction of sp³-hybridized carbons (Fsp3) is 0.471. The Morgan fingerprint density at radius 3 is 2.55 bits per heavy atom. The van der Waals surface area contributed by atoms with Crippen molar-refractivity contribution in [1.82, 2.24) is 20.3 Å². The average Bonchev–Trinajstić information content (AvgIpc) is 2.56. The quantitative estimate of drug-likeness (QED) is 0.932. The van der Waals surface area contributed by atoms with Gasteiger partial charge in [-0.2, -0.15) is 4.98 Å². The third-order valence-electron chi connectivity index (χ3n) is 4.05. The molecule has 2 aromatic rings. The van der Waals surface area contributed by atoms with E-state index < -0.39 is 0 Å². The molecule has 1 saturated heterocycles. The molecule has 1 aliphatic rings. The first-order chi connectivity index (χ1) is 10.6. The van der Waals surface area contributed by atoms with Gasteiger partial charge in [0.05, 0.1) is 0 Å². The zero-order valence-electron chi connectivity index (χ0n) is 13.3. The lowest BCUT2D eigenvalue weighted by molar-refractivity contribution is 0.481. The third-order valence-corrected chi connectivity index (χ3v) is 4.05. The maximum absolute atomic E-state index is 4.74. The molecule has 116 valence electrons. The number of anilines is 1. The van der Waals surface area contributed by atoms with Crippen LogP contribution in [0.1, 0.15) is 25.2 Å². The molecule has 0 aliphatic carbocycles. The summed E-state index contributed by atoms with van der Waals surface area (Å²) >= 11 is 0. The first kappa shape index (κ1) is 14.9. The van der Waals surface area contributed by atoms with Gasteiger partial charge in [-0.15, -0.1) is 0 Å². The van der Waals surface area contributed by atoms with Gasteiger partial charge >= 0.3 is 0 Å². The van der Waals surface area contributed by atoms with Gasteiger partial charge in [-0.3, -0.25) is 0 Å². The summed E-state index contributed by atoms with van der Waals surface area (Å²) in [5.74, 6) is 1.66. The number of hydrogen-bond donors (Lipinski definition) is 1. The van der Waals surface area contributed by atoms with Crippen molar-refractivity contribution < 1.29 is 0 Å². The molecule has 1 aromatic carbocycles. The smallest absolute Gasteiger partial charge is 0.228 e. The van der Waals surface area contributed by atoms with Gasteiger partial charge in [0.25, 0.3) is 0 Å². The van der Waals surface area contributed by atoms with Crippen molar-refractivity contribution in [2.75, 3.05) is 31.1 Å². The Balaban J connectivity index is 1.80. The molecular weight excluding hydrogens is 274 g/mol. The van der Waals surface area contributed by atoms with Crippen LogP contribution in [-0.4, -0.2) is 41.1 Å². The zero-order chi connectivity index (χ0) is 15.4. The molecule has 0 amide bonds. The number of nitrogens with zero attached hydrogens (tertiary/aromatic N) is 4. The Hall–Kier alpha value is -2.01. The molecule has 0 spiro atoms. The second-order valence-corrected chi connectivity index (χ2v) is 6.39. The van der Waals surface area contributed by atoms with Crippen LogP contribution < -0.4 is 10.2 Å². The van der Waals surface area contributed by atoms with Crippen LogP contribution in [0.15, 0.2) is 36.7 Å². The van der Waals surface area contributed by atoms with Gasteiger partial charge in [-0.25, -0.2) is 9.97 Å². The number of piperazine rings is 1. The second kappa shape index (κ2) is 6.40. The first-order valence-corrected chi connectivity index (χ1v) is 7.84. The van der Waals surface area contributed by atoms with E-state index in [0.29, 0.717) is 0 Å². The highest BCUT2D eigenvalue weighted by atomic mass is 15.3. The second-order valence-electron chi connectivity index (χ2n) is 6.39. The summed E-state index contributed by atoms with van der Waals surface area (Å²) in [5, 5.41) is 3.35. The predicted octanol–water partition coefficient (Wildman–Crippen LogP) is 1.80. The Kier molecular flexibility index (Phi) is 4.34. The van der Waals surface area contributed by atoms with Gasteiger partial charge in [-0.05, 0) is 12.0 Å². The lowest BCUT2D eigenvalue weighted by Crippen LogP contribution is -2.44. The van der Waals surface area contributed by atoms with Crippen molar-refractivity contribution in [1.29, 1.82) is 0 Å². The molecule has 5 heteroatoms. The van der Waals surface area contributed by atoms with Gasteiger partial charge in [0.1, 0.15) is 12.2 Å². The van der Waals surface area contributed by atoms with Crippen LogP contribution >= 0.6 is 0 Å². The lowest BCUT2D eigenvalue weighted by atomic mass is 9.85. The average molecular weight is 297 g/mol. The molecule has 1 aliphatic heterocycles. The summed E-state index contributed by atoms with van der Waals surface area (Å²) in [4.78, 5) is 15.8. The van der Waals surface area contributed by atoms with Crippen LogP contribution in [0, 0.1) is 0 Å². The molecule has 22 heavy (non-hydrogen) atoms. The van der Waals surface area contributed by atoms with E-state index in [9.17, 15) is 0 Å². The standard InChI is InChI=1S/C17H23N5/c1-17(2,12-14-6-4-3-5-7-14)15-19-13-20-16(21-15)22-10-8-18-9-11-22/h3-7,13,18H,8-12H2,1-2H3. The highest BCUT2D eigenvalue weighted by Gasteiger charge is 2.26. The maximum Gasteiger partial charge on any atom is 0.228 e. The molecule has 1 aromatic heterocycles. The highest BCUT2D eigenvalue weighted by molar-refractivity contribution is 5.31. The van der Waals surface area contributed by atoms with Crippen LogP contribution in [-0.2, 0) is 11.8 Å². The summed E-state index contributed by atoms with van der Waals surface area (Å²) in [6.45, 7) is 8.24. The summed E-state index contributed by atoms with van der Waals surface area (Å²) in [6, 6.07) is 10.5. The SMILES string of the molecule is CC(C)(Cc1ccccc1)c1ncnc(N2CCNCC2)n1. The molecule has 0 atom stereocenters. The third kappa shape index (κ3) is 3.42. The van der Waals surface area contributed by atoms with Crippen LogP contribution in [0.2, 0.25) is 0 Å². The molecule has 1 N–H and O–H groups in total. The van der Waals surface area contributed by atoms with Crippen LogP contribution in [0.25, 0.3) is 0 Å². The van der Waals surface area contributed by atoms with Crippen LogP contribution in [0.3, 0.4) is 0 Å². The van der Waals surface area contributed by atoms with Crippen molar-refractivity contribution >= 4 is 5.95 Å². The Morgan fingerprint density at radius 2 is 1.82 bits per heavy atom. The predicted molar refractivity (Wildman–Crippen MR) is 88.1 cm³/mol. The van der Waals surface area contributed by atoms with Crippen molar-refractivity contribution in [2.24, 2.45) is 0 Å². The molecule has 0 radical (unpaired) electrons. The zero-order valence-corrected chi connectivity index (χ0v) is 13.3. The number of aromatic nitrogens is 3. The monoisotopic (exact) mass is 297 g/mol. The summed E-state index contributed by atoms with van der Waals surface area (Å²) < 4.78 is 0. The van der Waals surface area contributed by atoms with E-state index in [2.05, 4.69) is 58.3 Å². The molecular formula is C17H23N5. The lowest BCUT2D eigenvalue weighted by Gasteiger charge is -2.29. The topological polar surface area (TPSA) is 53.9 Å². The summed E-state index contributed by atoms with van der Waals surface area (Å²) in [5.41, 5.74) is 1.18. The summed E-state index contributed by atoms with van der Waals surface area (Å²) in [6.07, 6.45) is 2.56. The molecule has 0 saturated carbocycles. The van der Waals surface area contributed by atoms with Gasteiger partial charge in [0, 0.05) is 31.6 Å². The minimum Gasteiger partial charge on any atom is -0.338 e. The number of hydrogen-bond acceptors (Lipinski definition) is 5. The van der Waals surface area contributed by atoms with E-state index in [1.165, 1.54) is 5.56 Å². The van der Waals surface area contributed by atoms with Crippen molar-refractivity contribution in [3.8, 4) is 0 Å². The Morgan fingerprint density at radius 1 is 1.09 bits per heavy atom. The van der Waals surface area contributed by atoms with Gasteiger partial charge < -0.3 is 10.2 Å². The van der Waals surface area contributed by atoms with Crippen molar-refractivity contribution in [3.63, 3.8) is 0 Å². The fourth-order valence-corrected chi connectivity index (χ4v) is 2.82. The first-order valence-electron chi connectivity index (χ1n) is 7.84. The van der Waals surface area contributed by atoms with Gasteiger partial charge in [0.2, 0.25) is 5.95 Å². The molecule has 5 nitrogen and oxygen atoms in total. The minimum absolute atomic E-state index is 0.118. The van der Waals surface area contributed by atoms with Crippen LogP contribution in [0.5, 0.6) is 0 Å². The minimum atomic E-state index is -0.118. The molecule has 0 unspecified atom stereocenters. The van der Waals surface area contributed by atoms with Crippen molar-refractivity contribution in [3.05, 3.63) is 48.0 Å². The van der Waals surface area contributed by atoms with E-state index >= 15 is 0 Å². The highest BCUT2D eigenvalue weighted by Crippen LogP contribution is 2.25. The van der Waals surface area contributed by atoms with Crippen molar-refractivity contribution in [2.45, 2.75) is 25.7 Å².